The van der Waals surface area contributed by atoms with E-state index in [-0.39, 0.29) is 0 Å². The molecule has 1 aliphatic rings. The van der Waals surface area contributed by atoms with Crippen LogP contribution in [0.2, 0.25) is 0 Å². The molecule has 0 saturated carbocycles. The number of carbonyl (C=O) groups excluding carboxylic acids is 1. The lowest BCUT2D eigenvalue weighted by Gasteiger charge is -1.23. The van der Waals surface area contributed by atoms with E-state index in [2.05, 4.69) is 5.32 Å². The number of nitrogens with one attached hydrogen (secondary N) is 1. The summed E-state index contributed by atoms with van der Waals surface area (Å²) in [7, 11) is 0. The molecule has 1 fully saturated rings. The molecule has 6 heavy (non-hydrogen) atoms. The Balaban J connectivity index is 0.0000000833. The van der Waals surface area contributed by atoms with Gasteiger partial charge in [0, 0.05) is 13.1 Å². The predicted octanol–water partition coefficient (Wildman–Crippen LogP) is -0.205. The molecular weight excluding hydrogens is 78.0 g/mol. The molecule has 0 radical (unpaired) electrons. The number of carbonyl (C=O) groups is 1. The first kappa shape index (κ1) is 5.63. The highest BCUT2D eigenvalue weighted by Gasteiger charge is 1.91. The zero-order chi connectivity index (χ0) is 4.83. The highest BCUT2D eigenvalue weighted by Crippen LogP contribution is 1.65. The van der Waals surface area contributed by atoms with Crippen molar-refractivity contribution in [2.24, 2.45) is 0 Å². The first-order valence-corrected chi connectivity index (χ1v) is 2.02. The monoisotopic (exact) mass is 87.1 g/mol. The molecule has 1 aliphatic heterocycles. The molecule has 0 atom stereocenters. The standard InChI is InChI=1S/C2H5N.C2H4O/c1-2-3-1;1-2-3/h3H,1-2H2;2H,1H3. The molecule has 2 heteroatoms. The minimum atomic E-state index is 0.750. The van der Waals surface area contributed by atoms with Gasteiger partial charge in [-0.3, -0.25) is 0 Å². The summed E-state index contributed by atoms with van der Waals surface area (Å²) in [4.78, 5) is 8.81. The average molecular weight is 87.1 g/mol. The fraction of sp³-hybridized carbons (Fsp3) is 0.750. The molecule has 0 unspecified atom stereocenters. The van der Waals surface area contributed by atoms with Crippen molar-refractivity contribution in [1.82, 2.24) is 5.32 Å². The van der Waals surface area contributed by atoms with E-state index in [4.69, 9.17) is 4.79 Å². The molecule has 0 amide bonds. The van der Waals surface area contributed by atoms with Crippen molar-refractivity contribution in [1.29, 1.82) is 0 Å². The van der Waals surface area contributed by atoms with Crippen molar-refractivity contribution in [3.05, 3.63) is 0 Å². The van der Waals surface area contributed by atoms with Gasteiger partial charge in [0.15, 0.2) is 0 Å². The first-order valence-electron chi connectivity index (χ1n) is 2.02. The summed E-state index contributed by atoms with van der Waals surface area (Å²) in [5.41, 5.74) is 0. The number of aldehydes is 1. The molecule has 0 spiro atoms. The minimum absolute atomic E-state index is 0.750. The third kappa shape index (κ3) is 63.3. The maximum absolute atomic E-state index is 8.81. The van der Waals surface area contributed by atoms with Crippen molar-refractivity contribution >= 4 is 6.29 Å². The second-order valence-electron chi connectivity index (χ2n) is 0.986. The van der Waals surface area contributed by atoms with Gasteiger partial charge >= 0.3 is 0 Å². The van der Waals surface area contributed by atoms with Crippen LogP contribution < -0.4 is 5.32 Å². The van der Waals surface area contributed by atoms with Crippen LogP contribution in [0.15, 0.2) is 0 Å². The normalized spacial score (nSPS) is 14.2. The van der Waals surface area contributed by atoms with Gasteiger partial charge in [0.25, 0.3) is 0 Å². The van der Waals surface area contributed by atoms with Crippen molar-refractivity contribution in [3.8, 4) is 0 Å². The van der Waals surface area contributed by atoms with Crippen LogP contribution in [0.25, 0.3) is 0 Å². The second kappa shape index (κ2) is 4.63. The van der Waals surface area contributed by atoms with E-state index in [1.54, 1.807) is 0 Å². The van der Waals surface area contributed by atoms with E-state index >= 15 is 0 Å². The molecule has 0 aromatic rings. The van der Waals surface area contributed by atoms with Crippen LogP contribution in [-0.4, -0.2) is 19.4 Å². The quantitative estimate of drug-likeness (QED) is 0.328. The molecule has 36 valence electrons. The molecule has 0 aromatic heterocycles. The third-order valence-corrected chi connectivity index (χ3v) is 0.250. The number of hydrogen-bond donors (Lipinski definition) is 1. The summed E-state index contributed by atoms with van der Waals surface area (Å²) in [6, 6.07) is 0. The van der Waals surface area contributed by atoms with E-state index in [1.165, 1.54) is 20.0 Å². The molecular formula is C4H9NO. The Labute approximate surface area is 37.5 Å². The Morgan fingerprint density at radius 1 is 1.67 bits per heavy atom. The van der Waals surface area contributed by atoms with Crippen molar-refractivity contribution in [2.45, 2.75) is 6.92 Å². The first-order chi connectivity index (χ1) is 2.91. The Morgan fingerprint density at radius 2 is 1.83 bits per heavy atom. The Morgan fingerprint density at radius 3 is 1.83 bits per heavy atom. The van der Waals surface area contributed by atoms with E-state index in [0.29, 0.717) is 0 Å². The van der Waals surface area contributed by atoms with Crippen LogP contribution >= 0.6 is 0 Å². The maximum Gasteiger partial charge on any atom is 0.116 e. The largest absolute Gasteiger partial charge is 0.314 e. The average Bonchev–Trinajstić information content (AvgIpc) is 2.11. The lowest BCUT2D eigenvalue weighted by molar-refractivity contribution is -0.106. The van der Waals surface area contributed by atoms with Crippen LogP contribution in [-0.2, 0) is 4.79 Å². The molecule has 1 saturated heterocycles. The Kier molecular flexibility index (Phi) is 4.34. The topological polar surface area (TPSA) is 39.0 Å². The lowest BCUT2D eigenvalue weighted by Crippen LogP contribution is -1.56. The van der Waals surface area contributed by atoms with E-state index in [0.717, 1.165) is 6.29 Å². The van der Waals surface area contributed by atoms with Crippen molar-refractivity contribution < 1.29 is 4.79 Å². The van der Waals surface area contributed by atoms with Gasteiger partial charge in [-0.15, -0.1) is 0 Å². The number of hydrogen-bond acceptors (Lipinski definition) is 2. The van der Waals surface area contributed by atoms with Crippen LogP contribution in [0.5, 0.6) is 0 Å². The van der Waals surface area contributed by atoms with Crippen molar-refractivity contribution in [2.75, 3.05) is 13.1 Å². The summed E-state index contributed by atoms with van der Waals surface area (Å²) in [5.74, 6) is 0. The van der Waals surface area contributed by atoms with Gasteiger partial charge in [-0.05, 0) is 6.92 Å². The Hall–Kier alpha value is -0.370. The molecule has 1 rings (SSSR count). The molecule has 0 aromatic carbocycles. The number of rotatable bonds is 0. The smallest absolute Gasteiger partial charge is 0.116 e. The van der Waals surface area contributed by atoms with E-state index < -0.39 is 0 Å². The maximum atomic E-state index is 8.81. The van der Waals surface area contributed by atoms with Crippen molar-refractivity contribution in [3.63, 3.8) is 0 Å². The zero-order valence-electron chi connectivity index (χ0n) is 3.90. The third-order valence-electron chi connectivity index (χ3n) is 0.250. The minimum Gasteiger partial charge on any atom is -0.314 e. The molecule has 1 heterocycles. The SMILES string of the molecule is C1CN1.CC=O. The summed E-state index contributed by atoms with van der Waals surface area (Å²) in [6.45, 7) is 3.94. The van der Waals surface area contributed by atoms with Gasteiger partial charge in [-0.2, -0.15) is 0 Å². The summed E-state index contributed by atoms with van der Waals surface area (Å²) in [6.07, 6.45) is 0.750. The van der Waals surface area contributed by atoms with E-state index in [1.807, 2.05) is 0 Å². The zero-order valence-corrected chi connectivity index (χ0v) is 3.90. The predicted molar refractivity (Wildman–Crippen MR) is 24.6 cm³/mol. The van der Waals surface area contributed by atoms with Gasteiger partial charge in [0.1, 0.15) is 6.29 Å². The second-order valence-corrected chi connectivity index (χ2v) is 0.986. The lowest BCUT2D eigenvalue weighted by atomic mass is 11.0. The fourth-order valence-corrected chi connectivity index (χ4v) is 0. The fourth-order valence-electron chi connectivity index (χ4n) is 0. The van der Waals surface area contributed by atoms with E-state index in [9.17, 15) is 0 Å². The van der Waals surface area contributed by atoms with Gasteiger partial charge in [0.2, 0.25) is 0 Å². The van der Waals surface area contributed by atoms with Crippen LogP contribution in [0.1, 0.15) is 6.92 Å². The summed E-state index contributed by atoms with van der Waals surface area (Å²) < 4.78 is 0. The van der Waals surface area contributed by atoms with Crippen LogP contribution in [0, 0.1) is 0 Å². The molecule has 1 N–H and O–H groups in total. The summed E-state index contributed by atoms with van der Waals surface area (Å²) >= 11 is 0. The van der Waals surface area contributed by atoms with Gasteiger partial charge in [0.05, 0.1) is 0 Å². The highest BCUT2D eigenvalue weighted by atomic mass is 16.1. The summed E-state index contributed by atoms with van der Waals surface area (Å²) in [5, 5.41) is 3.00. The Bertz CT molecular complexity index is 31.8. The molecule has 0 aliphatic carbocycles. The van der Waals surface area contributed by atoms with Crippen LogP contribution in [0.3, 0.4) is 0 Å². The van der Waals surface area contributed by atoms with Gasteiger partial charge in [-0.25, -0.2) is 0 Å². The van der Waals surface area contributed by atoms with Gasteiger partial charge in [-0.1, -0.05) is 0 Å². The highest BCUT2D eigenvalue weighted by molar-refractivity contribution is 5.44. The molecule has 0 bridgehead atoms. The van der Waals surface area contributed by atoms with Gasteiger partial charge < -0.3 is 10.1 Å². The van der Waals surface area contributed by atoms with Crippen LogP contribution in [0.4, 0.5) is 0 Å². The molecule has 2 nitrogen and oxygen atoms in total.